The Hall–Kier alpha value is -2.90. The maximum absolute atomic E-state index is 13.0. The highest BCUT2D eigenvalue weighted by molar-refractivity contribution is 9.10. The van der Waals surface area contributed by atoms with Crippen LogP contribution in [0.25, 0.3) is 5.76 Å². The van der Waals surface area contributed by atoms with Gasteiger partial charge in [0.25, 0.3) is 11.7 Å². The molecule has 1 amide bonds. The fraction of sp³-hybridized carbons (Fsp3) is 0.250. The molecular formula is C24H25BrN2O4. The summed E-state index contributed by atoms with van der Waals surface area (Å²) in [6.45, 7) is 4.93. The fourth-order valence-corrected chi connectivity index (χ4v) is 3.88. The molecule has 162 valence electrons. The van der Waals surface area contributed by atoms with Crippen molar-refractivity contribution in [3.8, 4) is 5.75 Å². The molecule has 6 nitrogen and oxygen atoms in total. The van der Waals surface area contributed by atoms with Crippen LogP contribution in [0.2, 0.25) is 0 Å². The summed E-state index contributed by atoms with van der Waals surface area (Å²) in [5, 5.41) is 11.1. The number of ketones is 1. The molecule has 2 aromatic rings. The maximum atomic E-state index is 13.0. The minimum Gasteiger partial charge on any atom is -0.507 e. The zero-order valence-electron chi connectivity index (χ0n) is 17.5. The van der Waals surface area contributed by atoms with Gasteiger partial charge in [0.15, 0.2) is 0 Å². The Bertz CT molecular complexity index is 1010. The molecule has 1 aliphatic heterocycles. The number of rotatable bonds is 8. The van der Waals surface area contributed by atoms with Gasteiger partial charge in [0.05, 0.1) is 11.6 Å². The Morgan fingerprint density at radius 1 is 1.23 bits per heavy atom. The number of benzene rings is 2. The van der Waals surface area contributed by atoms with E-state index in [-0.39, 0.29) is 11.3 Å². The average Bonchev–Trinajstić information content (AvgIpc) is 3.01. The summed E-state index contributed by atoms with van der Waals surface area (Å²) < 4.78 is 6.30. The lowest BCUT2D eigenvalue weighted by molar-refractivity contribution is -0.140. The van der Waals surface area contributed by atoms with Gasteiger partial charge in [-0.05, 0) is 56.1 Å². The Kier molecular flexibility index (Phi) is 7.30. The van der Waals surface area contributed by atoms with Gasteiger partial charge in [0.2, 0.25) is 0 Å². The van der Waals surface area contributed by atoms with Crippen molar-refractivity contribution in [2.24, 2.45) is 0 Å². The zero-order valence-corrected chi connectivity index (χ0v) is 19.1. The zero-order chi connectivity index (χ0) is 22.5. The first-order valence-electron chi connectivity index (χ1n) is 9.86. The number of carbonyl (C=O) groups is 2. The van der Waals surface area contributed by atoms with Crippen LogP contribution in [0, 0.1) is 0 Å². The van der Waals surface area contributed by atoms with Gasteiger partial charge in [-0.15, -0.1) is 0 Å². The van der Waals surface area contributed by atoms with Crippen LogP contribution in [0.15, 0.2) is 71.2 Å². The number of likely N-dealkylation sites (N-methyl/N-ethyl adjacent to an activating group) is 1. The standard InChI is InChI=1S/C24H25BrN2O4/c1-4-14-31-19-10-8-16(9-11-19)22(28)20-21(17-6-5-7-18(25)15-17)27(13-12-26(2)3)24(30)23(20)29/h4-11,15,21,28H,1,12-14H2,2-3H3/b22-20+/t21-/m0/s1. The molecule has 0 spiro atoms. The Labute approximate surface area is 190 Å². The van der Waals surface area contributed by atoms with Crippen molar-refractivity contribution in [2.45, 2.75) is 6.04 Å². The number of hydrogen-bond donors (Lipinski definition) is 1. The van der Waals surface area contributed by atoms with Crippen LogP contribution in [-0.4, -0.2) is 60.4 Å². The monoisotopic (exact) mass is 484 g/mol. The number of likely N-dealkylation sites (tertiary alicyclic amines) is 1. The number of carbonyl (C=O) groups excluding carboxylic acids is 2. The van der Waals surface area contributed by atoms with Gasteiger partial charge in [0, 0.05) is 23.1 Å². The van der Waals surface area contributed by atoms with Gasteiger partial charge < -0.3 is 19.6 Å². The van der Waals surface area contributed by atoms with Gasteiger partial charge >= 0.3 is 0 Å². The molecule has 1 saturated heterocycles. The smallest absolute Gasteiger partial charge is 0.295 e. The maximum Gasteiger partial charge on any atom is 0.295 e. The molecule has 3 rings (SSSR count). The predicted octanol–water partition coefficient (Wildman–Crippen LogP) is 4.00. The van der Waals surface area contributed by atoms with E-state index in [1.807, 2.05) is 43.3 Å². The summed E-state index contributed by atoms with van der Waals surface area (Å²) in [5.74, 6) is -0.884. The number of amides is 1. The highest BCUT2D eigenvalue weighted by Gasteiger charge is 2.45. The third-order valence-electron chi connectivity index (χ3n) is 4.99. The SMILES string of the molecule is C=CCOc1ccc(/C(O)=C2\C(=O)C(=O)N(CCN(C)C)[C@H]2c2cccc(Br)c2)cc1. The second kappa shape index (κ2) is 9.94. The highest BCUT2D eigenvalue weighted by Crippen LogP contribution is 2.40. The molecule has 1 heterocycles. The molecule has 0 aliphatic carbocycles. The number of hydrogen-bond acceptors (Lipinski definition) is 5. The van der Waals surface area contributed by atoms with E-state index in [0.29, 0.717) is 31.0 Å². The first kappa shape index (κ1) is 22.8. The topological polar surface area (TPSA) is 70.1 Å². The summed E-state index contributed by atoms with van der Waals surface area (Å²) in [7, 11) is 3.81. The first-order valence-corrected chi connectivity index (χ1v) is 10.7. The summed E-state index contributed by atoms with van der Waals surface area (Å²) >= 11 is 3.46. The molecule has 0 bridgehead atoms. The Morgan fingerprint density at radius 3 is 2.55 bits per heavy atom. The van der Waals surface area contributed by atoms with Gasteiger partial charge in [-0.25, -0.2) is 0 Å². The molecule has 0 unspecified atom stereocenters. The van der Waals surface area contributed by atoms with Gasteiger partial charge in [-0.2, -0.15) is 0 Å². The van der Waals surface area contributed by atoms with Gasteiger partial charge in [0.1, 0.15) is 18.1 Å². The third-order valence-corrected chi connectivity index (χ3v) is 5.48. The molecule has 0 saturated carbocycles. The molecule has 0 radical (unpaired) electrons. The minimum atomic E-state index is -0.687. The van der Waals surface area contributed by atoms with Crippen LogP contribution in [0.1, 0.15) is 17.2 Å². The molecule has 1 N–H and O–H groups in total. The number of aliphatic hydroxyl groups is 1. The lowest BCUT2D eigenvalue weighted by atomic mass is 9.95. The molecule has 31 heavy (non-hydrogen) atoms. The highest BCUT2D eigenvalue weighted by atomic mass is 79.9. The van der Waals surface area contributed by atoms with E-state index in [1.165, 1.54) is 4.90 Å². The number of halogens is 1. The largest absolute Gasteiger partial charge is 0.507 e. The van der Waals surface area contributed by atoms with Crippen LogP contribution >= 0.6 is 15.9 Å². The van der Waals surface area contributed by atoms with Crippen molar-refractivity contribution in [3.05, 3.63) is 82.4 Å². The Balaban J connectivity index is 2.07. The molecule has 1 fully saturated rings. The second-order valence-electron chi connectivity index (χ2n) is 7.47. The van der Waals surface area contributed by atoms with Crippen LogP contribution in [0.3, 0.4) is 0 Å². The molecule has 2 aromatic carbocycles. The summed E-state index contributed by atoms with van der Waals surface area (Å²) in [4.78, 5) is 29.3. The fourth-order valence-electron chi connectivity index (χ4n) is 3.46. The molecule has 7 heteroatoms. The van der Waals surface area contributed by atoms with E-state index < -0.39 is 17.7 Å². The first-order chi connectivity index (χ1) is 14.8. The van der Waals surface area contributed by atoms with E-state index >= 15 is 0 Å². The van der Waals surface area contributed by atoms with Crippen LogP contribution in [0.4, 0.5) is 0 Å². The number of aliphatic hydroxyl groups excluding tert-OH is 1. The van der Waals surface area contributed by atoms with Crippen LogP contribution in [-0.2, 0) is 9.59 Å². The second-order valence-corrected chi connectivity index (χ2v) is 8.39. The quantitative estimate of drug-likeness (QED) is 0.265. The van der Waals surface area contributed by atoms with Gasteiger partial charge in [-0.3, -0.25) is 9.59 Å². The normalized spacial score (nSPS) is 17.9. The number of ether oxygens (including phenoxy) is 1. The molecular weight excluding hydrogens is 460 g/mol. The van der Waals surface area contributed by atoms with Crippen molar-refractivity contribution in [1.29, 1.82) is 0 Å². The predicted molar refractivity (Wildman–Crippen MR) is 124 cm³/mol. The summed E-state index contributed by atoms with van der Waals surface area (Å²) in [6, 6.07) is 13.5. The van der Waals surface area contributed by atoms with E-state index in [1.54, 1.807) is 30.3 Å². The Morgan fingerprint density at radius 2 is 1.94 bits per heavy atom. The van der Waals surface area contributed by atoms with Crippen molar-refractivity contribution in [1.82, 2.24) is 9.80 Å². The average molecular weight is 485 g/mol. The van der Waals surface area contributed by atoms with Crippen LogP contribution in [0.5, 0.6) is 5.75 Å². The summed E-state index contributed by atoms with van der Waals surface area (Å²) in [5.41, 5.74) is 1.28. The molecule has 0 aromatic heterocycles. The van der Waals surface area contributed by atoms with Gasteiger partial charge in [-0.1, -0.05) is 40.7 Å². The van der Waals surface area contributed by atoms with Crippen molar-refractivity contribution in [3.63, 3.8) is 0 Å². The van der Waals surface area contributed by atoms with Crippen molar-refractivity contribution < 1.29 is 19.4 Å². The van der Waals surface area contributed by atoms with Crippen LogP contribution < -0.4 is 4.74 Å². The van der Waals surface area contributed by atoms with Crippen molar-refractivity contribution in [2.75, 3.05) is 33.8 Å². The molecule has 1 aliphatic rings. The number of Topliss-reactive ketones (excluding diaryl/α,β-unsaturated/α-hetero) is 1. The lowest BCUT2D eigenvalue weighted by Crippen LogP contribution is -2.35. The number of nitrogens with zero attached hydrogens (tertiary/aromatic N) is 2. The van der Waals surface area contributed by atoms with E-state index in [2.05, 4.69) is 22.5 Å². The lowest BCUT2D eigenvalue weighted by Gasteiger charge is -2.26. The third kappa shape index (κ3) is 5.06. The van der Waals surface area contributed by atoms with E-state index in [4.69, 9.17) is 4.74 Å². The van der Waals surface area contributed by atoms with E-state index in [0.717, 1.165) is 10.0 Å². The minimum absolute atomic E-state index is 0.0848. The molecule has 1 atom stereocenters. The van der Waals surface area contributed by atoms with E-state index in [9.17, 15) is 14.7 Å². The van der Waals surface area contributed by atoms with Crippen molar-refractivity contribution >= 4 is 33.4 Å². The summed E-state index contributed by atoms with van der Waals surface area (Å²) in [6.07, 6.45) is 1.64.